The summed E-state index contributed by atoms with van der Waals surface area (Å²) in [5.41, 5.74) is 12.0. The molecule has 4 atom stereocenters. The molecule has 0 spiro atoms. The van der Waals surface area contributed by atoms with Crippen molar-refractivity contribution in [1.29, 1.82) is 0 Å². The Morgan fingerprint density at radius 1 is 0.923 bits per heavy atom. The lowest BCUT2D eigenvalue weighted by molar-refractivity contribution is 0.212. The highest BCUT2D eigenvalue weighted by Gasteiger charge is 2.45. The van der Waals surface area contributed by atoms with E-state index >= 15 is 0 Å². The third-order valence-corrected chi connectivity index (χ3v) is 9.38. The third kappa shape index (κ3) is 5.81. The van der Waals surface area contributed by atoms with Crippen molar-refractivity contribution in [3.63, 3.8) is 0 Å². The largest absolute Gasteiger partial charge is 0.493 e. The first kappa shape index (κ1) is 27.6. The zero-order valence-electron chi connectivity index (χ0n) is 24.9. The van der Waals surface area contributed by atoms with E-state index in [1.807, 2.05) is 6.08 Å². The molecule has 2 nitrogen and oxygen atoms in total. The van der Waals surface area contributed by atoms with Crippen molar-refractivity contribution in [3.8, 4) is 22.6 Å². The Bertz CT molecular complexity index is 1330. The summed E-state index contributed by atoms with van der Waals surface area (Å²) in [6.45, 7) is 18.8. The molecule has 0 amide bonds. The Kier molecular flexibility index (Phi) is 8.21. The summed E-state index contributed by atoms with van der Waals surface area (Å²) in [6, 6.07) is 16.0. The number of hydrogen-bond donors (Lipinski definition) is 0. The van der Waals surface area contributed by atoms with Gasteiger partial charge < -0.3 is 9.47 Å². The summed E-state index contributed by atoms with van der Waals surface area (Å²) in [4.78, 5) is 0. The van der Waals surface area contributed by atoms with E-state index in [4.69, 9.17) is 9.47 Å². The fourth-order valence-corrected chi connectivity index (χ4v) is 6.44. The number of benzene rings is 3. The van der Waals surface area contributed by atoms with Gasteiger partial charge in [0.2, 0.25) is 0 Å². The van der Waals surface area contributed by atoms with Gasteiger partial charge in [0.15, 0.2) is 0 Å². The maximum Gasteiger partial charge on any atom is 0.123 e. The Labute approximate surface area is 236 Å². The average molecular weight is 523 g/mol. The summed E-state index contributed by atoms with van der Waals surface area (Å²) in [7, 11) is 0. The summed E-state index contributed by atoms with van der Waals surface area (Å²) in [6.07, 6.45) is 7.63. The second-order valence-electron chi connectivity index (χ2n) is 12.2. The molecule has 0 heterocycles. The Balaban J connectivity index is 1.38. The SMILES string of the molecule is C=CCc1ccc(-c2c(C)cc(OC[C@H](C)C(C)CC)cc2C)cc1COc1cc2c(cc1CC)[C@@H]1C[C@@H]1C2. The fraction of sp³-hybridized carbons (Fsp3) is 0.459. The number of fused-ring (bicyclic) bond motifs is 3. The van der Waals surface area contributed by atoms with Crippen LogP contribution in [0.2, 0.25) is 0 Å². The van der Waals surface area contributed by atoms with Gasteiger partial charge in [0.05, 0.1) is 6.61 Å². The first-order valence-corrected chi connectivity index (χ1v) is 15.1. The van der Waals surface area contributed by atoms with Crippen molar-refractivity contribution in [2.45, 2.75) is 86.2 Å². The first-order valence-electron chi connectivity index (χ1n) is 15.1. The van der Waals surface area contributed by atoms with Gasteiger partial charge in [-0.2, -0.15) is 0 Å². The van der Waals surface area contributed by atoms with Gasteiger partial charge in [-0.05, 0) is 138 Å². The lowest BCUT2D eigenvalue weighted by atomic mass is 9.92. The minimum atomic E-state index is 0.542. The maximum absolute atomic E-state index is 6.58. The van der Waals surface area contributed by atoms with Crippen molar-refractivity contribution < 1.29 is 9.47 Å². The third-order valence-electron chi connectivity index (χ3n) is 9.38. The molecule has 0 N–H and O–H groups in total. The summed E-state index contributed by atoms with van der Waals surface area (Å²) in [5.74, 6) is 4.95. The van der Waals surface area contributed by atoms with Crippen LogP contribution in [0.1, 0.15) is 85.4 Å². The van der Waals surface area contributed by atoms with Crippen LogP contribution in [0.4, 0.5) is 0 Å². The maximum atomic E-state index is 6.58. The zero-order chi connectivity index (χ0) is 27.7. The van der Waals surface area contributed by atoms with Gasteiger partial charge in [-0.1, -0.05) is 58.4 Å². The van der Waals surface area contributed by atoms with Gasteiger partial charge in [0.1, 0.15) is 18.1 Å². The molecule has 2 heteroatoms. The first-order chi connectivity index (χ1) is 18.8. The molecule has 3 aromatic carbocycles. The lowest BCUT2D eigenvalue weighted by Crippen LogP contribution is -2.16. The Hall–Kier alpha value is -3.00. The molecule has 2 aliphatic rings. The monoisotopic (exact) mass is 522 g/mol. The molecule has 2 aliphatic carbocycles. The molecule has 0 radical (unpaired) electrons. The normalized spacial score (nSPS) is 18.7. The summed E-state index contributed by atoms with van der Waals surface area (Å²) < 4.78 is 12.8. The van der Waals surface area contributed by atoms with Crippen LogP contribution >= 0.6 is 0 Å². The van der Waals surface area contributed by atoms with E-state index in [0.717, 1.165) is 42.8 Å². The van der Waals surface area contributed by atoms with E-state index in [-0.39, 0.29) is 0 Å². The molecule has 0 aliphatic heterocycles. The second-order valence-corrected chi connectivity index (χ2v) is 12.2. The minimum Gasteiger partial charge on any atom is -0.493 e. The van der Waals surface area contributed by atoms with Crippen LogP contribution in [-0.4, -0.2) is 6.61 Å². The van der Waals surface area contributed by atoms with Gasteiger partial charge in [-0.25, -0.2) is 0 Å². The highest BCUT2D eigenvalue weighted by atomic mass is 16.5. The number of ether oxygens (including phenoxy) is 2. The van der Waals surface area contributed by atoms with Crippen LogP contribution in [0.15, 0.2) is 55.1 Å². The molecular formula is C37H46O2. The van der Waals surface area contributed by atoms with E-state index < -0.39 is 0 Å². The van der Waals surface area contributed by atoms with Crippen LogP contribution in [0.25, 0.3) is 11.1 Å². The van der Waals surface area contributed by atoms with Crippen LogP contribution in [-0.2, 0) is 25.9 Å². The van der Waals surface area contributed by atoms with E-state index in [1.54, 1.807) is 5.56 Å². The fourth-order valence-electron chi connectivity index (χ4n) is 6.44. The van der Waals surface area contributed by atoms with Crippen molar-refractivity contribution in [2.75, 3.05) is 6.61 Å². The Morgan fingerprint density at radius 2 is 1.69 bits per heavy atom. The summed E-state index contributed by atoms with van der Waals surface area (Å²) in [5, 5.41) is 0. The van der Waals surface area contributed by atoms with Crippen molar-refractivity contribution in [3.05, 3.63) is 94.1 Å². The van der Waals surface area contributed by atoms with Gasteiger partial charge in [0, 0.05) is 0 Å². The molecule has 1 unspecified atom stereocenters. The molecule has 3 aromatic rings. The van der Waals surface area contributed by atoms with Gasteiger partial charge in [-0.3, -0.25) is 0 Å². The minimum absolute atomic E-state index is 0.542. The van der Waals surface area contributed by atoms with Gasteiger partial charge in [0.25, 0.3) is 0 Å². The van der Waals surface area contributed by atoms with Crippen LogP contribution in [0.3, 0.4) is 0 Å². The van der Waals surface area contributed by atoms with E-state index in [2.05, 4.69) is 90.6 Å². The average Bonchev–Trinajstić information content (AvgIpc) is 3.61. The zero-order valence-corrected chi connectivity index (χ0v) is 24.9. The van der Waals surface area contributed by atoms with Crippen molar-refractivity contribution in [2.24, 2.45) is 17.8 Å². The Morgan fingerprint density at radius 3 is 2.38 bits per heavy atom. The molecule has 0 aromatic heterocycles. The van der Waals surface area contributed by atoms with E-state index in [0.29, 0.717) is 18.4 Å². The smallest absolute Gasteiger partial charge is 0.123 e. The number of allylic oxidation sites excluding steroid dienone is 1. The molecular weight excluding hydrogens is 476 g/mol. The number of aryl methyl sites for hydroxylation is 3. The van der Waals surface area contributed by atoms with Crippen LogP contribution < -0.4 is 9.47 Å². The predicted octanol–water partition coefficient (Wildman–Crippen LogP) is 9.56. The second kappa shape index (κ2) is 11.6. The summed E-state index contributed by atoms with van der Waals surface area (Å²) >= 11 is 0. The molecule has 0 saturated heterocycles. The van der Waals surface area contributed by atoms with Crippen LogP contribution in [0.5, 0.6) is 11.5 Å². The topological polar surface area (TPSA) is 18.5 Å². The van der Waals surface area contributed by atoms with E-state index in [9.17, 15) is 0 Å². The molecule has 1 saturated carbocycles. The molecule has 0 bridgehead atoms. The van der Waals surface area contributed by atoms with Crippen molar-refractivity contribution in [1.82, 2.24) is 0 Å². The molecule has 1 fully saturated rings. The number of rotatable bonds is 12. The van der Waals surface area contributed by atoms with Gasteiger partial charge >= 0.3 is 0 Å². The van der Waals surface area contributed by atoms with Crippen molar-refractivity contribution >= 4 is 0 Å². The molecule has 5 rings (SSSR count). The highest BCUT2D eigenvalue weighted by Crippen LogP contribution is 2.57. The highest BCUT2D eigenvalue weighted by molar-refractivity contribution is 5.73. The number of hydrogen-bond acceptors (Lipinski definition) is 2. The van der Waals surface area contributed by atoms with Crippen LogP contribution in [0, 0.1) is 31.6 Å². The molecule has 206 valence electrons. The standard InChI is InChI=1S/C37H46O2/c1-8-11-28-12-13-29(37-24(5)14-33(15-25(37)6)38-21-26(7)23(4)9-2)16-32(28)22-39-36-20-31-17-30-19-35(30)34(31)18-27(36)10-3/h8,12-16,18,20,23,26,30,35H,1,9-11,17,19,21-22H2,2-7H3/t23?,26-,30-,35+/m0/s1. The predicted molar refractivity (Wildman–Crippen MR) is 164 cm³/mol. The lowest BCUT2D eigenvalue weighted by Gasteiger charge is -2.20. The van der Waals surface area contributed by atoms with Gasteiger partial charge in [-0.15, -0.1) is 6.58 Å². The van der Waals surface area contributed by atoms with E-state index in [1.165, 1.54) is 63.8 Å². The molecule has 39 heavy (non-hydrogen) atoms. The quantitative estimate of drug-likeness (QED) is 0.220.